The molecule has 9 nitrogen and oxygen atoms in total. The minimum atomic E-state index is -0.480. The summed E-state index contributed by atoms with van der Waals surface area (Å²) in [6, 6.07) is 1.99. The highest BCUT2D eigenvalue weighted by Gasteiger charge is 2.31. The van der Waals surface area contributed by atoms with Gasteiger partial charge in [0.2, 0.25) is 5.91 Å². The molecule has 3 amide bonds. The van der Waals surface area contributed by atoms with E-state index in [1.54, 1.807) is 9.80 Å². The molecule has 0 saturated carbocycles. The normalized spacial score (nSPS) is 17.9. The van der Waals surface area contributed by atoms with E-state index in [0.29, 0.717) is 65.4 Å². The van der Waals surface area contributed by atoms with Crippen LogP contribution in [-0.2, 0) is 25.7 Å². The van der Waals surface area contributed by atoms with Gasteiger partial charge in [0.25, 0.3) is 0 Å². The fourth-order valence-electron chi connectivity index (χ4n) is 3.46. The van der Waals surface area contributed by atoms with E-state index < -0.39 is 11.8 Å². The van der Waals surface area contributed by atoms with Crippen LogP contribution in [0.1, 0.15) is 17.8 Å². The second-order valence-corrected chi connectivity index (χ2v) is 6.98. The number of carbonyl (C=O) groups excluding carboxylic acids is 3. The lowest BCUT2D eigenvalue weighted by Gasteiger charge is -2.36. The van der Waals surface area contributed by atoms with E-state index in [1.165, 1.54) is 4.90 Å². The molecule has 9 heteroatoms. The maximum absolute atomic E-state index is 12.4. The van der Waals surface area contributed by atoms with Crippen molar-refractivity contribution in [2.45, 2.75) is 26.8 Å². The van der Waals surface area contributed by atoms with Crippen molar-refractivity contribution in [2.24, 2.45) is 0 Å². The summed E-state index contributed by atoms with van der Waals surface area (Å²) in [6.07, 6.45) is 0.378. The van der Waals surface area contributed by atoms with E-state index in [1.807, 2.05) is 24.6 Å². The molecule has 1 aromatic rings. The average molecular weight is 377 g/mol. The van der Waals surface area contributed by atoms with E-state index >= 15 is 0 Å². The average Bonchev–Trinajstić information content (AvgIpc) is 3.02. The number of morpholine rings is 1. The molecule has 0 N–H and O–H groups in total. The Bertz CT molecular complexity index is 703. The smallest absolute Gasteiger partial charge is 0.312 e. The molecule has 3 rings (SSSR count). The number of hydrogen-bond acceptors (Lipinski definition) is 5. The maximum Gasteiger partial charge on any atom is 0.312 e. The van der Waals surface area contributed by atoms with E-state index in [4.69, 9.17) is 4.74 Å². The molecule has 2 fully saturated rings. The van der Waals surface area contributed by atoms with Gasteiger partial charge in [0.05, 0.1) is 18.9 Å². The lowest BCUT2D eigenvalue weighted by Crippen LogP contribution is -2.55. The fraction of sp³-hybridized carbons (Fsp3) is 0.667. The van der Waals surface area contributed by atoms with Crippen molar-refractivity contribution in [1.82, 2.24) is 24.5 Å². The molecular weight excluding hydrogens is 350 g/mol. The second kappa shape index (κ2) is 8.51. The van der Waals surface area contributed by atoms with Crippen molar-refractivity contribution >= 4 is 17.7 Å². The number of nitrogens with zero attached hydrogens (tertiary/aromatic N) is 5. The Balaban J connectivity index is 1.45. The summed E-state index contributed by atoms with van der Waals surface area (Å²) in [5, 5.41) is 4.37. The minimum Gasteiger partial charge on any atom is -0.378 e. The molecule has 0 spiro atoms. The van der Waals surface area contributed by atoms with Gasteiger partial charge in [0.15, 0.2) is 0 Å². The van der Waals surface area contributed by atoms with E-state index in [0.717, 1.165) is 11.4 Å². The maximum atomic E-state index is 12.4. The van der Waals surface area contributed by atoms with Gasteiger partial charge in [-0.1, -0.05) is 0 Å². The second-order valence-electron chi connectivity index (χ2n) is 6.98. The largest absolute Gasteiger partial charge is 0.378 e. The highest BCUT2D eigenvalue weighted by Crippen LogP contribution is 2.09. The molecule has 0 aromatic carbocycles. The van der Waals surface area contributed by atoms with Crippen LogP contribution in [-0.4, -0.2) is 94.7 Å². The predicted octanol–water partition coefficient (Wildman–Crippen LogP) is -0.580. The van der Waals surface area contributed by atoms with Crippen LogP contribution >= 0.6 is 0 Å². The molecule has 0 radical (unpaired) electrons. The standard InChI is InChI=1S/C18H27N5O4/c1-14-13-15(2)23(19-14)4-3-16(24)20-5-7-21(8-6-20)17(25)18(26)22-9-11-27-12-10-22/h13H,3-12H2,1-2H3. The Morgan fingerprint density at radius 1 is 0.926 bits per heavy atom. The number of amides is 3. The highest BCUT2D eigenvalue weighted by molar-refractivity contribution is 6.34. The first kappa shape index (κ1) is 19.3. The number of rotatable bonds is 3. The van der Waals surface area contributed by atoms with Gasteiger partial charge in [0, 0.05) is 57.9 Å². The Morgan fingerprint density at radius 2 is 1.48 bits per heavy atom. The molecule has 0 atom stereocenters. The summed E-state index contributed by atoms with van der Waals surface area (Å²) in [4.78, 5) is 42.0. The van der Waals surface area contributed by atoms with E-state index in [2.05, 4.69) is 5.10 Å². The lowest BCUT2D eigenvalue weighted by atomic mass is 10.2. The van der Waals surface area contributed by atoms with Crippen LogP contribution in [0.4, 0.5) is 0 Å². The van der Waals surface area contributed by atoms with Gasteiger partial charge in [-0.2, -0.15) is 5.10 Å². The summed E-state index contributed by atoms with van der Waals surface area (Å²) in [7, 11) is 0. The molecule has 2 saturated heterocycles. The molecule has 27 heavy (non-hydrogen) atoms. The molecule has 0 unspecified atom stereocenters. The zero-order chi connectivity index (χ0) is 19.4. The van der Waals surface area contributed by atoms with Gasteiger partial charge in [0.1, 0.15) is 0 Å². The summed E-state index contributed by atoms with van der Waals surface area (Å²) >= 11 is 0. The van der Waals surface area contributed by atoms with Gasteiger partial charge in [-0.15, -0.1) is 0 Å². The topological polar surface area (TPSA) is 88.0 Å². The fourth-order valence-corrected chi connectivity index (χ4v) is 3.46. The monoisotopic (exact) mass is 377 g/mol. The first-order valence-electron chi connectivity index (χ1n) is 9.40. The van der Waals surface area contributed by atoms with Crippen molar-refractivity contribution in [3.8, 4) is 0 Å². The van der Waals surface area contributed by atoms with Gasteiger partial charge in [-0.3, -0.25) is 19.1 Å². The Kier molecular flexibility index (Phi) is 6.10. The molecule has 148 valence electrons. The van der Waals surface area contributed by atoms with Crippen LogP contribution in [0.25, 0.3) is 0 Å². The van der Waals surface area contributed by atoms with E-state index in [9.17, 15) is 14.4 Å². The van der Waals surface area contributed by atoms with Crippen LogP contribution in [0.3, 0.4) is 0 Å². The Morgan fingerprint density at radius 3 is 2.04 bits per heavy atom. The number of hydrogen-bond donors (Lipinski definition) is 0. The molecule has 0 bridgehead atoms. The number of carbonyl (C=O) groups is 3. The first-order valence-corrected chi connectivity index (χ1v) is 9.40. The van der Waals surface area contributed by atoms with E-state index in [-0.39, 0.29) is 5.91 Å². The van der Waals surface area contributed by atoms with Crippen LogP contribution in [0.15, 0.2) is 6.07 Å². The van der Waals surface area contributed by atoms with Crippen LogP contribution in [0.2, 0.25) is 0 Å². The molecule has 1 aromatic heterocycles. The number of aromatic nitrogens is 2. The summed E-state index contributed by atoms with van der Waals surface area (Å²) in [6.45, 7) is 7.99. The van der Waals surface area contributed by atoms with Crippen molar-refractivity contribution in [3.63, 3.8) is 0 Å². The Labute approximate surface area is 158 Å². The first-order chi connectivity index (χ1) is 13.0. The molecule has 0 aliphatic carbocycles. The third kappa shape index (κ3) is 4.65. The summed E-state index contributed by atoms with van der Waals surface area (Å²) in [5.41, 5.74) is 1.98. The summed E-state index contributed by atoms with van der Waals surface area (Å²) < 4.78 is 7.05. The Hall–Kier alpha value is -2.42. The van der Waals surface area contributed by atoms with Gasteiger partial charge >= 0.3 is 11.8 Å². The quantitative estimate of drug-likeness (QED) is 0.658. The van der Waals surface area contributed by atoms with Gasteiger partial charge in [-0.25, -0.2) is 0 Å². The summed E-state index contributed by atoms with van der Waals surface area (Å²) in [5.74, 6) is -0.900. The SMILES string of the molecule is Cc1cc(C)n(CCC(=O)N2CCN(C(=O)C(=O)N3CCOCC3)CC2)n1. The van der Waals surface area contributed by atoms with Gasteiger partial charge in [-0.05, 0) is 19.9 Å². The van der Waals surface area contributed by atoms with Crippen molar-refractivity contribution in [2.75, 3.05) is 52.5 Å². The van der Waals surface area contributed by atoms with Crippen molar-refractivity contribution < 1.29 is 19.1 Å². The van der Waals surface area contributed by atoms with Crippen molar-refractivity contribution in [1.29, 1.82) is 0 Å². The molecule has 2 aliphatic heterocycles. The highest BCUT2D eigenvalue weighted by atomic mass is 16.5. The molecular formula is C18H27N5O4. The predicted molar refractivity (Wildman–Crippen MR) is 96.9 cm³/mol. The van der Waals surface area contributed by atoms with Crippen LogP contribution in [0.5, 0.6) is 0 Å². The third-order valence-electron chi connectivity index (χ3n) is 5.04. The zero-order valence-electron chi connectivity index (χ0n) is 16.0. The number of aryl methyl sites for hydroxylation is 3. The third-order valence-corrected chi connectivity index (χ3v) is 5.04. The molecule has 3 heterocycles. The lowest BCUT2D eigenvalue weighted by molar-refractivity contribution is -0.155. The molecule has 2 aliphatic rings. The minimum absolute atomic E-state index is 0.0501. The van der Waals surface area contributed by atoms with Gasteiger partial charge < -0.3 is 19.4 Å². The van der Waals surface area contributed by atoms with Crippen LogP contribution in [0, 0.1) is 13.8 Å². The number of piperazine rings is 1. The number of ether oxygens (including phenoxy) is 1. The van der Waals surface area contributed by atoms with Crippen LogP contribution < -0.4 is 0 Å². The zero-order valence-corrected chi connectivity index (χ0v) is 16.0. The van der Waals surface area contributed by atoms with Crippen molar-refractivity contribution in [3.05, 3.63) is 17.5 Å².